The summed E-state index contributed by atoms with van der Waals surface area (Å²) in [5, 5.41) is 0.607. The van der Waals surface area contributed by atoms with Gasteiger partial charge in [0.15, 0.2) is 0 Å². The molecule has 0 aliphatic heterocycles. The largest absolute Gasteiger partial charge is 0.496 e. The predicted molar refractivity (Wildman–Crippen MR) is 84.6 cm³/mol. The summed E-state index contributed by atoms with van der Waals surface area (Å²) in [6, 6.07) is 13.1. The summed E-state index contributed by atoms with van der Waals surface area (Å²) < 4.78 is 6.23. The number of halogens is 2. The van der Waals surface area contributed by atoms with E-state index in [9.17, 15) is 4.79 Å². The standard InChI is InChI=1S/C16H14BrClO2/c1-20-16-6-5-14(18)9-12(16)10-15(19)8-11-3-2-4-13(17)7-11/h2-7,9H,8,10H2,1H3. The molecule has 0 radical (unpaired) electrons. The molecule has 0 saturated carbocycles. The fraction of sp³-hybridized carbons (Fsp3) is 0.188. The van der Waals surface area contributed by atoms with Crippen molar-refractivity contribution >= 4 is 33.3 Å². The zero-order chi connectivity index (χ0) is 14.5. The van der Waals surface area contributed by atoms with Gasteiger partial charge in [-0.1, -0.05) is 39.7 Å². The average Bonchev–Trinajstić information content (AvgIpc) is 2.38. The molecule has 0 atom stereocenters. The van der Waals surface area contributed by atoms with Crippen molar-refractivity contribution in [2.45, 2.75) is 12.8 Å². The molecule has 0 heterocycles. The van der Waals surface area contributed by atoms with Crippen molar-refractivity contribution in [3.63, 3.8) is 0 Å². The molecule has 2 aromatic carbocycles. The van der Waals surface area contributed by atoms with Crippen LogP contribution in [0.3, 0.4) is 0 Å². The Hall–Kier alpha value is -1.32. The molecule has 2 rings (SSSR count). The molecule has 0 N–H and O–H groups in total. The second kappa shape index (κ2) is 6.91. The Labute approximate surface area is 131 Å². The maximum absolute atomic E-state index is 12.2. The third kappa shape index (κ3) is 4.09. The summed E-state index contributed by atoms with van der Waals surface area (Å²) >= 11 is 9.37. The minimum Gasteiger partial charge on any atom is -0.496 e. The monoisotopic (exact) mass is 352 g/mol. The minimum atomic E-state index is 0.128. The van der Waals surface area contributed by atoms with E-state index in [0.29, 0.717) is 23.6 Å². The fourth-order valence-corrected chi connectivity index (χ4v) is 2.68. The summed E-state index contributed by atoms with van der Waals surface area (Å²) in [4.78, 5) is 12.2. The Bertz CT molecular complexity index is 626. The Morgan fingerprint density at radius 3 is 2.70 bits per heavy atom. The van der Waals surface area contributed by atoms with Crippen LogP contribution in [0.1, 0.15) is 11.1 Å². The van der Waals surface area contributed by atoms with Crippen LogP contribution in [-0.2, 0) is 17.6 Å². The van der Waals surface area contributed by atoms with Crippen molar-refractivity contribution in [3.05, 3.63) is 63.1 Å². The highest BCUT2D eigenvalue weighted by molar-refractivity contribution is 9.10. The maximum atomic E-state index is 12.2. The van der Waals surface area contributed by atoms with E-state index in [4.69, 9.17) is 16.3 Å². The van der Waals surface area contributed by atoms with Crippen LogP contribution in [0.15, 0.2) is 46.9 Å². The smallest absolute Gasteiger partial charge is 0.141 e. The number of ether oxygens (including phenoxy) is 1. The Morgan fingerprint density at radius 1 is 1.20 bits per heavy atom. The third-order valence-corrected chi connectivity index (χ3v) is 3.65. The number of benzene rings is 2. The lowest BCUT2D eigenvalue weighted by Crippen LogP contribution is -2.07. The van der Waals surface area contributed by atoms with Gasteiger partial charge < -0.3 is 4.74 Å². The van der Waals surface area contributed by atoms with Crippen LogP contribution in [0, 0.1) is 0 Å². The lowest BCUT2D eigenvalue weighted by molar-refractivity contribution is -0.117. The van der Waals surface area contributed by atoms with E-state index >= 15 is 0 Å². The van der Waals surface area contributed by atoms with Crippen molar-refractivity contribution < 1.29 is 9.53 Å². The number of carbonyl (C=O) groups is 1. The van der Waals surface area contributed by atoms with Crippen LogP contribution in [0.5, 0.6) is 5.75 Å². The zero-order valence-corrected chi connectivity index (χ0v) is 13.4. The second-order valence-electron chi connectivity index (χ2n) is 4.48. The minimum absolute atomic E-state index is 0.128. The van der Waals surface area contributed by atoms with E-state index in [2.05, 4.69) is 15.9 Å². The summed E-state index contributed by atoms with van der Waals surface area (Å²) in [5.74, 6) is 0.820. The quantitative estimate of drug-likeness (QED) is 0.793. The van der Waals surface area contributed by atoms with Crippen molar-refractivity contribution in [2.75, 3.05) is 7.11 Å². The number of hydrogen-bond donors (Lipinski definition) is 0. The topological polar surface area (TPSA) is 26.3 Å². The maximum Gasteiger partial charge on any atom is 0.141 e. The molecule has 104 valence electrons. The van der Waals surface area contributed by atoms with Crippen LogP contribution in [-0.4, -0.2) is 12.9 Å². The predicted octanol–water partition coefficient (Wildman–Crippen LogP) is 4.47. The zero-order valence-electron chi connectivity index (χ0n) is 11.0. The fourth-order valence-electron chi connectivity index (χ4n) is 2.03. The first-order valence-electron chi connectivity index (χ1n) is 6.17. The molecule has 0 spiro atoms. The van der Waals surface area contributed by atoms with Gasteiger partial charge in [0, 0.05) is 27.9 Å². The van der Waals surface area contributed by atoms with Crippen LogP contribution in [0.25, 0.3) is 0 Å². The van der Waals surface area contributed by atoms with E-state index in [0.717, 1.165) is 15.6 Å². The number of Topliss-reactive ketones (excluding diaryl/α,β-unsaturated/α-hetero) is 1. The van der Waals surface area contributed by atoms with Gasteiger partial charge in [0.25, 0.3) is 0 Å². The first-order valence-corrected chi connectivity index (χ1v) is 7.34. The van der Waals surface area contributed by atoms with E-state index in [1.807, 2.05) is 24.3 Å². The molecule has 20 heavy (non-hydrogen) atoms. The Kier molecular flexibility index (Phi) is 5.21. The number of hydrogen-bond acceptors (Lipinski definition) is 2. The number of ketones is 1. The molecule has 0 saturated heterocycles. The van der Waals surface area contributed by atoms with Gasteiger partial charge in [-0.2, -0.15) is 0 Å². The van der Waals surface area contributed by atoms with E-state index in [-0.39, 0.29) is 5.78 Å². The van der Waals surface area contributed by atoms with Crippen molar-refractivity contribution in [2.24, 2.45) is 0 Å². The normalized spacial score (nSPS) is 10.3. The molecule has 2 nitrogen and oxygen atoms in total. The van der Waals surface area contributed by atoms with Gasteiger partial charge in [-0.15, -0.1) is 0 Å². The molecule has 0 unspecified atom stereocenters. The van der Waals surface area contributed by atoms with Crippen LogP contribution < -0.4 is 4.74 Å². The van der Waals surface area contributed by atoms with Gasteiger partial charge >= 0.3 is 0 Å². The molecule has 0 aliphatic rings. The molecule has 0 fully saturated rings. The van der Waals surface area contributed by atoms with Crippen LogP contribution in [0.4, 0.5) is 0 Å². The summed E-state index contributed by atoms with van der Waals surface area (Å²) in [7, 11) is 1.59. The molecular formula is C16H14BrClO2. The van der Waals surface area contributed by atoms with Gasteiger partial charge in [0.05, 0.1) is 7.11 Å². The third-order valence-electron chi connectivity index (χ3n) is 2.92. The van der Waals surface area contributed by atoms with Gasteiger partial charge in [-0.05, 0) is 35.9 Å². The van der Waals surface area contributed by atoms with Crippen molar-refractivity contribution in [1.29, 1.82) is 0 Å². The SMILES string of the molecule is COc1ccc(Cl)cc1CC(=O)Cc1cccc(Br)c1. The molecule has 2 aromatic rings. The van der Waals surface area contributed by atoms with Crippen molar-refractivity contribution in [3.8, 4) is 5.75 Å². The van der Waals surface area contributed by atoms with Gasteiger partial charge in [0.2, 0.25) is 0 Å². The number of rotatable bonds is 5. The highest BCUT2D eigenvalue weighted by Gasteiger charge is 2.10. The highest BCUT2D eigenvalue weighted by atomic mass is 79.9. The van der Waals surface area contributed by atoms with E-state index < -0.39 is 0 Å². The molecule has 0 bridgehead atoms. The van der Waals surface area contributed by atoms with E-state index in [1.165, 1.54) is 0 Å². The first-order chi connectivity index (χ1) is 9.58. The summed E-state index contributed by atoms with van der Waals surface area (Å²) in [6.45, 7) is 0. The van der Waals surface area contributed by atoms with Gasteiger partial charge in [-0.25, -0.2) is 0 Å². The second-order valence-corrected chi connectivity index (χ2v) is 5.83. The molecule has 0 amide bonds. The Morgan fingerprint density at radius 2 is 2.00 bits per heavy atom. The first kappa shape index (κ1) is 15.1. The Balaban J connectivity index is 2.10. The summed E-state index contributed by atoms with van der Waals surface area (Å²) in [6.07, 6.45) is 0.714. The molecular weight excluding hydrogens is 340 g/mol. The molecule has 0 aromatic heterocycles. The van der Waals surface area contributed by atoms with E-state index in [1.54, 1.807) is 25.3 Å². The molecule has 0 aliphatic carbocycles. The average molecular weight is 354 g/mol. The van der Waals surface area contributed by atoms with Gasteiger partial charge in [0.1, 0.15) is 11.5 Å². The summed E-state index contributed by atoms with van der Waals surface area (Å²) in [5.41, 5.74) is 1.81. The molecule has 4 heteroatoms. The van der Waals surface area contributed by atoms with Crippen molar-refractivity contribution in [1.82, 2.24) is 0 Å². The van der Waals surface area contributed by atoms with Crippen LogP contribution in [0.2, 0.25) is 5.02 Å². The lowest BCUT2D eigenvalue weighted by Gasteiger charge is -2.08. The number of methoxy groups -OCH3 is 1. The number of carbonyl (C=O) groups excluding carboxylic acids is 1. The van der Waals surface area contributed by atoms with Crippen LogP contribution >= 0.6 is 27.5 Å². The highest BCUT2D eigenvalue weighted by Crippen LogP contribution is 2.23. The lowest BCUT2D eigenvalue weighted by atomic mass is 10.0. The van der Waals surface area contributed by atoms with Gasteiger partial charge in [-0.3, -0.25) is 4.79 Å².